The van der Waals surface area contributed by atoms with Crippen LogP contribution in [0.3, 0.4) is 0 Å². The van der Waals surface area contributed by atoms with Gasteiger partial charge >= 0.3 is 0 Å². The van der Waals surface area contributed by atoms with E-state index >= 15 is 0 Å². The van der Waals surface area contributed by atoms with Gasteiger partial charge in [-0.25, -0.2) is 0 Å². The molecule has 0 bridgehead atoms. The molecule has 0 radical (unpaired) electrons. The minimum absolute atomic E-state index is 0.138. The zero-order valence-electron chi connectivity index (χ0n) is 23.7. The Morgan fingerprint density at radius 2 is 1.73 bits per heavy atom. The van der Waals surface area contributed by atoms with Gasteiger partial charge in [-0.3, -0.25) is 0 Å². The smallest absolute Gasteiger partial charge is 0.171 e. The molecule has 210 valence electrons. The molecule has 0 aromatic carbocycles. The molecule has 1 aliphatic heterocycles. The van der Waals surface area contributed by atoms with Crippen LogP contribution >= 0.6 is 0 Å². The molecule has 7 atom stereocenters. The Bertz CT molecular complexity index is 875. The standard InChI is InChI=1S/C31H51NO5/c1-29-17-23(20-5-7-21(8-6-20)32(2)3)28-22(24(29)9-10-25(29)27(33)18-35-4)11-13-30(34)19-31(14-12-26(28)30)36-15-16-37-31/h20-25,27,33-34H,5-19H2,1-4H3/t20?,21?,22?,23?,24?,25?,27?,29?,30-/m1/s1. The predicted octanol–water partition coefficient (Wildman–Crippen LogP) is 4.53. The fourth-order valence-corrected chi connectivity index (χ4v) is 10.5. The molecule has 6 rings (SSSR count). The van der Waals surface area contributed by atoms with Crippen molar-refractivity contribution in [2.45, 2.75) is 108 Å². The van der Waals surface area contributed by atoms with Crippen LogP contribution in [0.25, 0.3) is 0 Å². The lowest BCUT2D eigenvalue weighted by molar-refractivity contribution is -0.208. The summed E-state index contributed by atoms with van der Waals surface area (Å²) < 4.78 is 17.7. The van der Waals surface area contributed by atoms with E-state index in [1.807, 2.05) is 0 Å². The van der Waals surface area contributed by atoms with Crippen molar-refractivity contribution in [2.75, 3.05) is 41.0 Å². The van der Waals surface area contributed by atoms with Crippen LogP contribution in [0, 0.1) is 35.0 Å². The highest BCUT2D eigenvalue weighted by Crippen LogP contribution is 2.67. The molecule has 6 heteroatoms. The first-order valence-electron chi connectivity index (χ1n) is 15.3. The SMILES string of the molecule is COCC(O)C1CCC2C3CC[C@@]4(O)CC5(CCC4=C3C(C3CCC(N(C)C)CC3)CC12C)OCCO5. The average molecular weight is 518 g/mol. The average Bonchev–Trinajstić information content (AvgIpc) is 3.46. The van der Waals surface area contributed by atoms with Gasteiger partial charge in [0.1, 0.15) is 0 Å². The number of aliphatic hydroxyl groups is 2. The minimum Gasteiger partial charge on any atom is -0.390 e. The van der Waals surface area contributed by atoms with Crippen molar-refractivity contribution in [2.24, 2.45) is 35.0 Å². The summed E-state index contributed by atoms with van der Waals surface area (Å²) in [5.41, 5.74) is 2.38. The third-order valence-corrected chi connectivity index (χ3v) is 12.2. The molecule has 1 spiro atoms. The van der Waals surface area contributed by atoms with Gasteiger partial charge in [-0.1, -0.05) is 12.5 Å². The molecular formula is C31H51NO5. The third kappa shape index (κ3) is 4.37. The molecule has 1 saturated heterocycles. The fourth-order valence-electron chi connectivity index (χ4n) is 10.5. The minimum atomic E-state index is -0.783. The number of hydrogen-bond acceptors (Lipinski definition) is 6. The number of ether oxygens (including phenoxy) is 3. The van der Waals surface area contributed by atoms with Crippen molar-refractivity contribution in [3.8, 4) is 0 Å². The normalized spacial score (nSPS) is 46.1. The Kier molecular flexibility index (Phi) is 7.11. The topological polar surface area (TPSA) is 71.4 Å². The van der Waals surface area contributed by atoms with E-state index in [0.29, 0.717) is 61.9 Å². The van der Waals surface area contributed by atoms with Gasteiger partial charge in [-0.15, -0.1) is 0 Å². The third-order valence-electron chi connectivity index (χ3n) is 12.2. The lowest BCUT2D eigenvalue weighted by atomic mass is 9.48. The Morgan fingerprint density at radius 3 is 2.41 bits per heavy atom. The van der Waals surface area contributed by atoms with Gasteiger partial charge in [0.2, 0.25) is 0 Å². The molecule has 6 aliphatic rings. The van der Waals surface area contributed by atoms with Gasteiger partial charge in [-0.05, 0) is 119 Å². The second kappa shape index (κ2) is 9.85. The van der Waals surface area contributed by atoms with E-state index < -0.39 is 11.4 Å². The Balaban J connectivity index is 1.37. The summed E-state index contributed by atoms with van der Waals surface area (Å²) in [6.07, 6.45) is 12.4. The summed E-state index contributed by atoms with van der Waals surface area (Å²) in [5, 5.41) is 23.4. The first kappa shape index (κ1) is 26.7. The van der Waals surface area contributed by atoms with E-state index in [2.05, 4.69) is 25.9 Å². The number of rotatable bonds is 5. The van der Waals surface area contributed by atoms with E-state index in [1.54, 1.807) is 12.7 Å². The van der Waals surface area contributed by atoms with Crippen molar-refractivity contribution < 1.29 is 24.4 Å². The van der Waals surface area contributed by atoms with Crippen molar-refractivity contribution >= 4 is 0 Å². The van der Waals surface area contributed by atoms with Gasteiger partial charge < -0.3 is 29.3 Å². The highest BCUT2D eigenvalue weighted by molar-refractivity contribution is 5.37. The van der Waals surface area contributed by atoms with Gasteiger partial charge in [0.15, 0.2) is 5.79 Å². The van der Waals surface area contributed by atoms with Crippen LogP contribution < -0.4 is 0 Å². The van der Waals surface area contributed by atoms with Crippen molar-refractivity contribution in [1.29, 1.82) is 0 Å². The largest absolute Gasteiger partial charge is 0.390 e. The van der Waals surface area contributed by atoms with Crippen LogP contribution in [0.4, 0.5) is 0 Å². The van der Waals surface area contributed by atoms with Crippen LogP contribution in [-0.4, -0.2) is 79.7 Å². The van der Waals surface area contributed by atoms with E-state index in [0.717, 1.165) is 38.5 Å². The quantitative estimate of drug-likeness (QED) is 0.522. The monoisotopic (exact) mass is 517 g/mol. The molecule has 2 N–H and O–H groups in total. The molecule has 1 heterocycles. The number of nitrogens with zero attached hydrogens (tertiary/aromatic N) is 1. The molecule has 4 saturated carbocycles. The van der Waals surface area contributed by atoms with E-state index in [-0.39, 0.29) is 11.5 Å². The molecule has 6 nitrogen and oxygen atoms in total. The Morgan fingerprint density at radius 1 is 1.00 bits per heavy atom. The zero-order valence-corrected chi connectivity index (χ0v) is 23.7. The van der Waals surface area contributed by atoms with E-state index in [9.17, 15) is 10.2 Å². The van der Waals surface area contributed by atoms with Crippen LogP contribution in [0.1, 0.15) is 84.0 Å². The summed E-state index contributed by atoms with van der Waals surface area (Å²) in [5.74, 6) is 2.07. The van der Waals surface area contributed by atoms with Crippen LogP contribution in [0.15, 0.2) is 11.1 Å². The van der Waals surface area contributed by atoms with Gasteiger partial charge in [0.25, 0.3) is 0 Å². The lowest BCUT2D eigenvalue weighted by Crippen LogP contribution is -2.55. The zero-order chi connectivity index (χ0) is 26.0. The van der Waals surface area contributed by atoms with Crippen molar-refractivity contribution in [1.82, 2.24) is 4.90 Å². The molecule has 5 aliphatic carbocycles. The highest BCUT2D eigenvalue weighted by atomic mass is 16.7. The maximum absolute atomic E-state index is 12.2. The van der Waals surface area contributed by atoms with Gasteiger partial charge in [0, 0.05) is 26.0 Å². The molecular weight excluding hydrogens is 466 g/mol. The number of hydrogen-bond donors (Lipinski definition) is 2. The number of fused-ring (bicyclic) bond motifs is 4. The lowest BCUT2D eigenvalue weighted by Gasteiger charge is -2.58. The van der Waals surface area contributed by atoms with E-state index in [4.69, 9.17) is 14.2 Å². The molecule has 6 unspecified atom stereocenters. The van der Waals surface area contributed by atoms with Gasteiger partial charge in [0.05, 0.1) is 31.5 Å². The second-order valence-electron chi connectivity index (χ2n) is 14.1. The number of allylic oxidation sites excluding steroid dienone is 1. The number of methoxy groups -OCH3 is 1. The summed E-state index contributed by atoms with van der Waals surface area (Å²) in [7, 11) is 6.16. The van der Waals surface area contributed by atoms with Crippen molar-refractivity contribution in [3.05, 3.63) is 11.1 Å². The van der Waals surface area contributed by atoms with Crippen molar-refractivity contribution in [3.63, 3.8) is 0 Å². The summed E-state index contributed by atoms with van der Waals surface area (Å²) in [4.78, 5) is 2.41. The molecule has 0 aromatic rings. The maximum Gasteiger partial charge on any atom is 0.171 e. The highest BCUT2D eigenvalue weighted by Gasteiger charge is 2.61. The summed E-state index contributed by atoms with van der Waals surface area (Å²) in [6, 6.07) is 0.689. The Labute approximate surface area is 224 Å². The molecule has 0 amide bonds. The first-order chi connectivity index (χ1) is 17.7. The maximum atomic E-state index is 12.2. The Hall–Kier alpha value is -0.500. The number of aliphatic hydroxyl groups excluding tert-OH is 1. The first-order valence-corrected chi connectivity index (χ1v) is 15.3. The van der Waals surface area contributed by atoms with Crippen LogP contribution in [0.2, 0.25) is 0 Å². The van der Waals surface area contributed by atoms with E-state index in [1.165, 1.54) is 37.7 Å². The molecule has 0 aromatic heterocycles. The fraction of sp³-hybridized carbons (Fsp3) is 0.935. The molecule has 37 heavy (non-hydrogen) atoms. The summed E-state index contributed by atoms with van der Waals surface area (Å²) in [6.45, 7) is 4.24. The van der Waals surface area contributed by atoms with Crippen LogP contribution in [-0.2, 0) is 14.2 Å². The molecule has 5 fully saturated rings. The second-order valence-corrected chi connectivity index (χ2v) is 14.1. The van der Waals surface area contributed by atoms with Crippen LogP contribution in [0.5, 0.6) is 0 Å². The van der Waals surface area contributed by atoms with Gasteiger partial charge in [-0.2, -0.15) is 0 Å². The predicted molar refractivity (Wildman–Crippen MR) is 143 cm³/mol. The summed E-state index contributed by atoms with van der Waals surface area (Å²) >= 11 is 0.